The highest BCUT2D eigenvalue weighted by molar-refractivity contribution is 5.97. The fraction of sp³-hybridized carbons (Fsp3) is 0.222. The van der Waals surface area contributed by atoms with E-state index in [0.29, 0.717) is 23.7 Å². The minimum atomic E-state index is -0.329. The highest BCUT2D eigenvalue weighted by Crippen LogP contribution is 2.20. The van der Waals surface area contributed by atoms with E-state index in [-0.39, 0.29) is 17.8 Å². The van der Waals surface area contributed by atoms with Gasteiger partial charge >= 0.3 is 0 Å². The van der Waals surface area contributed by atoms with Crippen LogP contribution in [0.25, 0.3) is 11.5 Å². The summed E-state index contributed by atoms with van der Waals surface area (Å²) in [7, 11) is 1.58. The van der Waals surface area contributed by atoms with Gasteiger partial charge in [0.15, 0.2) is 5.82 Å². The number of amides is 1. The van der Waals surface area contributed by atoms with Crippen molar-refractivity contribution in [1.82, 2.24) is 19.7 Å². The van der Waals surface area contributed by atoms with Crippen molar-refractivity contribution in [3.63, 3.8) is 0 Å². The molecule has 0 radical (unpaired) electrons. The molecular weight excluding hydrogens is 323 g/mol. The smallest absolute Gasteiger partial charge is 0.257 e. The summed E-state index contributed by atoms with van der Waals surface area (Å²) in [5, 5.41) is 7.21. The molecule has 6 nitrogen and oxygen atoms in total. The van der Waals surface area contributed by atoms with Crippen molar-refractivity contribution in [2.45, 2.75) is 13.0 Å². The second kappa shape index (κ2) is 7.31. The third-order valence-corrected chi connectivity index (χ3v) is 3.70. The van der Waals surface area contributed by atoms with Crippen LogP contribution in [0.5, 0.6) is 0 Å². The molecule has 0 aliphatic heterocycles. The number of nitrogens with zero attached hydrogens (tertiary/aromatic N) is 3. The molecule has 7 heteroatoms. The molecule has 0 fully saturated rings. The van der Waals surface area contributed by atoms with Gasteiger partial charge in [-0.05, 0) is 43.3 Å². The first-order chi connectivity index (χ1) is 12.1. The van der Waals surface area contributed by atoms with E-state index >= 15 is 0 Å². The van der Waals surface area contributed by atoms with E-state index in [1.807, 2.05) is 31.5 Å². The van der Waals surface area contributed by atoms with Gasteiger partial charge in [-0.3, -0.25) is 4.79 Å². The van der Waals surface area contributed by atoms with Crippen molar-refractivity contribution in [2.75, 3.05) is 13.7 Å². The molecule has 2 aromatic heterocycles. The van der Waals surface area contributed by atoms with Gasteiger partial charge in [0.05, 0.1) is 18.5 Å². The Labute approximate surface area is 144 Å². The molecule has 0 aliphatic carbocycles. The highest BCUT2D eigenvalue weighted by Gasteiger charge is 2.21. The second-order valence-electron chi connectivity index (χ2n) is 5.69. The Kier molecular flexibility index (Phi) is 4.95. The average Bonchev–Trinajstić information content (AvgIpc) is 3.24. The molecule has 1 amide bonds. The van der Waals surface area contributed by atoms with Gasteiger partial charge in [-0.25, -0.2) is 9.07 Å². The van der Waals surface area contributed by atoms with Gasteiger partial charge in [0.2, 0.25) is 0 Å². The monoisotopic (exact) mass is 342 g/mol. The zero-order valence-corrected chi connectivity index (χ0v) is 14.0. The number of methoxy groups -OCH3 is 1. The Hall–Kier alpha value is -2.93. The number of ether oxygens (including phenoxy) is 1. The normalized spacial score (nSPS) is 12.1. The summed E-state index contributed by atoms with van der Waals surface area (Å²) in [4.78, 5) is 12.7. The highest BCUT2D eigenvalue weighted by atomic mass is 19.1. The van der Waals surface area contributed by atoms with Crippen molar-refractivity contribution in [3.8, 4) is 11.5 Å². The summed E-state index contributed by atoms with van der Waals surface area (Å²) in [6.07, 6.45) is 5.16. The number of hydrogen-bond acceptors (Lipinski definition) is 3. The maximum Gasteiger partial charge on any atom is 0.257 e. The molecule has 2 heterocycles. The fourth-order valence-corrected chi connectivity index (χ4v) is 2.59. The van der Waals surface area contributed by atoms with Crippen LogP contribution in [-0.2, 0) is 4.74 Å². The van der Waals surface area contributed by atoms with Crippen LogP contribution in [0.1, 0.15) is 17.3 Å². The van der Waals surface area contributed by atoms with Gasteiger partial charge in [0.1, 0.15) is 11.4 Å². The minimum Gasteiger partial charge on any atom is -0.383 e. The van der Waals surface area contributed by atoms with Gasteiger partial charge in [-0.1, -0.05) is 0 Å². The Morgan fingerprint density at radius 3 is 2.60 bits per heavy atom. The van der Waals surface area contributed by atoms with Crippen LogP contribution in [0.3, 0.4) is 0 Å². The van der Waals surface area contributed by atoms with Crippen LogP contribution in [-0.4, -0.2) is 40.0 Å². The molecular formula is C18H19FN4O2. The Balaban J connectivity index is 2.02. The molecule has 25 heavy (non-hydrogen) atoms. The van der Waals surface area contributed by atoms with Gasteiger partial charge in [-0.2, -0.15) is 5.10 Å². The molecule has 0 bridgehead atoms. The summed E-state index contributed by atoms with van der Waals surface area (Å²) in [6.45, 7) is 2.28. The zero-order valence-electron chi connectivity index (χ0n) is 14.0. The van der Waals surface area contributed by atoms with Crippen LogP contribution in [0.15, 0.2) is 55.0 Å². The number of benzene rings is 1. The second-order valence-corrected chi connectivity index (χ2v) is 5.69. The lowest BCUT2D eigenvalue weighted by atomic mass is 10.2. The summed E-state index contributed by atoms with van der Waals surface area (Å²) in [6, 6.07) is 9.53. The topological polar surface area (TPSA) is 61.1 Å². The molecule has 1 N–H and O–H groups in total. The van der Waals surface area contributed by atoms with Gasteiger partial charge in [0, 0.05) is 25.5 Å². The van der Waals surface area contributed by atoms with Gasteiger partial charge < -0.3 is 14.6 Å². The van der Waals surface area contributed by atoms with E-state index in [0.717, 1.165) is 0 Å². The number of halogens is 1. The lowest BCUT2D eigenvalue weighted by Gasteiger charge is -2.14. The number of carbonyl (C=O) groups excluding carboxylic acids is 1. The van der Waals surface area contributed by atoms with E-state index in [9.17, 15) is 9.18 Å². The first kappa shape index (κ1) is 16.9. The lowest BCUT2D eigenvalue weighted by Crippen LogP contribution is -2.36. The van der Waals surface area contributed by atoms with Crippen LogP contribution >= 0.6 is 0 Å². The molecule has 3 aromatic rings. The minimum absolute atomic E-state index is 0.135. The zero-order chi connectivity index (χ0) is 17.8. The first-order valence-corrected chi connectivity index (χ1v) is 7.87. The number of nitrogens with one attached hydrogen (secondary N) is 1. The molecule has 3 rings (SSSR count). The lowest BCUT2D eigenvalue weighted by molar-refractivity contribution is 0.0905. The first-order valence-electron chi connectivity index (χ1n) is 7.87. The van der Waals surface area contributed by atoms with E-state index in [2.05, 4.69) is 10.4 Å². The maximum absolute atomic E-state index is 13.2. The third-order valence-electron chi connectivity index (χ3n) is 3.70. The molecule has 1 atom stereocenters. The van der Waals surface area contributed by atoms with Crippen LogP contribution < -0.4 is 5.32 Å². The van der Waals surface area contributed by atoms with Gasteiger partial charge in [-0.15, -0.1) is 0 Å². The number of rotatable bonds is 6. The quantitative estimate of drug-likeness (QED) is 0.749. The largest absolute Gasteiger partial charge is 0.383 e. The standard InChI is InChI=1S/C18H19FN4O2/c1-13(12-25-2)21-17(24)16-11-20-23(15-7-5-14(19)6-8-15)18(16)22-9-3-4-10-22/h3-11,13H,12H2,1-2H3,(H,21,24). The van der Waals surface area contributed by atoms with E-state index in [1.54, 1.807) is 28.5 Å². The number of carbonyl (C=O) groups is 1. The van der Waals surface area contributed by atoms with Gasteiger partial charge in [0.25, 0.3) is 5.91 Å². The fourth-order valence-electron chi connectivity index (χ4n) is 2.59. The predicted octanol–water partition coefficient (Wildman–Crippen LogP) is 2.57. The average molecular weight is 342 g/mol. The Bertz CT molecular complexity index is 841. The summed E-state index contributed by atoms with van der Waals surface area (Å²) >= 11 is 0. The molecule has 0 saturated heterocycles. The van der Waals surface area contributed by atoms with Crippen LogP contribution in [0.2, 0.25) is 0 Å². The van der Waals surface area contributed by atoms with Crippen LogP contribution in [0, 0.1) is 5.82 Å². The van der Waals surface area contributed by atoms with Crippen molar-refractivity contribution < 1.29 is 13.9 Å². The molecule has 1 unspecified atom stereocenters. The molecule has 0 aliphatic rings. The SMILES string of the molecule is COCC(C)NC(=O)c1cnn(-c2ccc(F)cc2)c1-n1cccc1. The van der Waals surface area contributed by atoms with Crippen molar-refractivity contribution >= 4 is 5.91 Å². The molecule has 0 spiro atoms. The maximum atomic E-state index is 13.2. The molecule has 130 valence electrons. The van der Waals surface area contributed by atoms with E-state index in [1.165, 1.54) is 18.3 Å². The third kappa shape index (κ3) is 3.61. The van der Waals surface area contributed by atoms with Crippen molar-refractivity contribution in [3.05, 3.63) is 66.4 Å². The summed E-state index contributed by atoms with van der Waals surface area (Å²) in [5.74, 6) is 0.00474. The van der Waals surface area contributed by atoms with Crippen LogP contribution in [0.4, 0.5) is 4.39 Å². The Morgan fingerprint density at radius 2 is 1.96 bits per heavy atom. The summed E-state index contributed by atoms with van der Waals surface area (Å²) in [5.41, 5.74) is 1.08. The molecule has 0 saturated carbocycles. The summed E-state index contributed by atoms with van der Waals surface area (Å²) < 4.78 is 21.7. The number of hydrogen-bond donors (Lipinski definition) is 1. The van der Waals surface area contributed by atoms with E-state index < -0.39 is 0 Å². The van der Waals surface area contributed by atoms with E-state index in [4.69, 9.17) is 4.74 Å². The number of aromatic nitrogens is 3. The van der Waals surface area contributed by atoms with Crippen molar-refractivity contribution in [2.24, 2.45) is 0 Å². The Morgan fingerprint density at radius 1 is 1.28 bits per heavy atom. The predicted molar refractivity (Wildman–Crippen MR) is 91.7 cm³/mol. The molecule has 1 aromatic carbocycles. The van der Waals surface area contributed by atoms with Crippen molar-refractivity contribution in [1.29, 1.82) is 0 Å².